The van der Waals surface area contributed by atoms with Crippen LogP contribution in [0.25, 0.3) is 0 Å². The van der Waals surface area contributed by atoms with Crippen LogP contribution in [0.2, 0.25) is 0 Å². The van der Waals surface area contributed by atoms with Crippen molar-refractivity contribution < 1.29 is 4.74 Å². The smallest absolute Gasteiger partial charge is 0.168 e. The van der Waals surface area contributed by atoms with Gasteiger partial charge in [-0.1, -0.05) is 19.8 Å². The van der Waals surface area contributed by atoms with E-state index < -0.39 is 0 Å². The monoisotopic (exact) mass is 234 g/mol. The molecule has 1 aromatic rings. The Balaban J connectivity index is 2.06. The van der Waals surface area contributed by atoms with Crippen LogP contribution < -0.4 is 10.1 Å². The molecule has 1 aliphatic carbocycles. The van der Waals surface area contributed by atoms with Gasteiger partial charge in [0, 0.05) is 12.2 Å². The van der Waals surface area contributed by atoms with Crippen molar-refractivity contribution >= 4 is 5.82 Å². The van der Waals surface area contributed by atoms with E-state index in [9.17, 15) is 0 Å². The molecule has 0 spiro atoms. The summed E-state index contributed by atoms with van der Waals surface area (Å²) in [6.45, 7) is 5.00. The van der Waals surface area contributed by atoms with E-state index in [2.05, 4.69) is 17.2 Å². The van der Waals surface area contributed by atoms with Crippen LogP contribution in [0.1, 0.15) is 39.5 Å². The van der Waals surface area contributed by atoms with Crippen LogP contribution in [-0.4, -0.2) is 17.6 Å². The molecule has 1 N–H and O–H groups in total. The van der Waals surface area contributed by atoms with Crippen molar-refractivity contribution in [2.45, 2.75) is 45.6 Å². The Kier molecular flexibility index (Phi) is 4.24. The van der Waals surface area contributed by atoms with Crippen molar-refractivity contribution in [3.8, 4) is 5.75 Å². The molecule has 94 valence electrons. The number of anilines is 1. The minimum atomic E-state index is 0.540. The largest absolute Gasteiger partial charge is 0.490 e. The fraction of sp³-hybridized carbons (Fsp3) is 0.643. The van der Waals surface area contributed by atoms with E-state index in [1.54, 1.807) is 0 Å². The maximum Gasteiger partial charge on any atom is 0.168 e. The van der Waals surface area contributed by atoms with Gasteiger partial charge in [0.05, 0.1) is 6.61 Å². The molecule has 3 heteroatoms. The van der Waals surface area contributed by atoms with Gasteiger partial charge in [-0.25, -0.2) is 4.98 Å². The Bertz CT molecular complexity index is 354. The lowest BCUT2D eigenvalue weighted by Crippen LogP contribution is -2.30. The molecule has 0 aliphatic heterocycles. The quantitative estimate of drug-likeness (QED) is 0.866. The highest BCUT2D eigenvalue weighted by Crippen LogP contribution is 2.29. The minimum absolute atomic E-state index is 0.540. The second kappa shape index (κ2) is 5.89. The van der Waals surface area contributed by atoms with Crippen LogP contribution in [0.4, 0.5) is 5.82 Å². The average molecular weight is 234 g/mol. The molecule has 1 aromatic heterocycles. The highest BCUT2D eigenvalue weighted by molar-refractivity contribution is 5.50. The fourth-order valence-electron chi connectivity index (χ4n) is 2.48. The third kappa shape index (κ3) is 3.11. The summed E-state index contributed by atoms with van der Waals surface area (Å²) in [5, 5.41) is 3.55. The van der Waals surface area contributed by atoms with Gasteiger partial charge >= 0.3 is 0 Å². The molecule has 0 saturated heterocycles. The van der Waals surface area contributed by atoms with Gasteiger partial charge in [-0.05, 0) is 37.8 Å². The predicted octanol–water partition coefficient (Wildman–Crippen LogP) is 3.47. The Morgan fingerprint density at radius 1 is 1.41 bits per heavy atom. The highest BCUT2D eigenvalue weighted by Gasteiger charge is 2.22. The Morgan fingerprint density at radius 3 is 3.00 bits per heavy atom. The van der Waals surface area contributed by atoms with Gasteiger partial charge in [0.1, 0.15) is 0 Å². The predicted molar refractivity (Wildman–Crippen MR) is 70.4 cm³/mol. The van der Waals surface area contributed by atoms with Gasteiger partial charge in [0.15, 0.2) is 11.6 Å². The van der Waals surface area contributed by atoms with E-state index in [1.165, 1.54) is 25.7 Å². The molecule has 1 heterocycles. The van der Waals surface area contributed by atoms with Crippen molar-refractivity contribution in [1.82, 2.24) is 4.98 Å². The number of nitrogens with one attached hydrogen (secondary N) is 1. The maximum atomic E-state index is 5.59. The lowest BCUT2D eigenvalue weighted by atomic mass is 9.86. The number of hydrogen-bond acceptors (Lipinski definition) is 3. The first-order valence-corrected chi connectivity index (χ1v) is 6.65. The van der Waals surface area contributed by atoms with Crippen molar-refractivity contribution in [3.63, 3.8) is 0 Å². The van der Waals surface area contributed by atoms with Crippen LogP contribution in [0, 0.1) is 5.92 Å². The van der Waals surface area contributed by atoms with E-state index in [-0.39, 0.29) is 0 Å². The zero-order valence-electron chi connectivity index (χ0n) is 10.8. The molecule has 0 aromatic carbocycles. The third-order valence-electron chi connectivity index (χ3n) is 3.50. The molecule has 17 heavy (non-hydrogen) atoms. The number of hydrogen-bond donors (Lipinski definition) is 1. The van der Waals surface area contributed by atoms with E-state index in [0.29, 0.717) is 12.6 Å². The Hall–Kier alpha value is -1.25. The summed E-state index contributed by atoms with van der Waals surface area (Å²) in [4.78, 5) is 4.39. The normalized spacial score (nSPS) is 24.4. The summed E-state index contributed by atoms with van der Waals surface area (Å²) in [5.74, 6) is 2.49. The SMILES string of the molecule is CCOc1cccnc1NC1CCCCC1C. The van der Waals surface area contributed by atoms with Crippen LogP contribution in [0.5, 0.6) is 5.75 Å². The van der Waals surface area contributed by atoms with Gasteiger partial charge in [-0.3, -0.25) is 0 Å². The molecular weight excluding hydrogens is 212 g/mol. The fourth-order valence-corrected chi connectivity index (χ4v) is 2.48. The molecule has 1 aliphatic rings. The minimum Gasteiger partial charge on any atom is -0.490 e. The number of pyridine rings is 1. The summed E-state index contributed by atoms with van der Waals surface area (Å²) >= 11 is 0. The zero-order valence-corrected chi connectivity index (χ0v) is 10.8. The standard InChI is InChI=1S/C14H22N2O/c1-3-17-13-9-6-10-15-14(13)16-12-8-5-4-7-11(12)2/h6,9-12H,3-5,7-8H2,1-2H3,(H,15,16). The van der Waals surface area contributed by atoms with E-state index in [4.69, 9.17) is 4.74 Å². The van der Waals surface area contributed by atoms with E-state index >= 15 is 0 Å². The topological polar surface area (TPSA) is 34.1 Å². The summed E-state index contributed by atoms with van der Waals surface area (Å²) in [6.07, 6.45) is 7.05. The number of aromatic nitrogens is 1. The molecule has 1 fully saturated rings. The lowest BCUT2D eigenvalue weighted by molar-refractivity contribution is 0.332. The molecule has 1 saturated carbocycles. The first-order valence-electron chi connectivity index (χ1n) is 6.65. The lowest BCUT2D eigenvalue weighted by Gasteiger charge is -2.30. The first-order chi connectivity index (χ1) is 8.31. The van der Waals surface area contributed by atoms with Crippen molar-refractivity contribution in [1.29, 1.82) is 0 Å². The molecule has 2 atom stereocenters. The summed E-state index contributed by atoms with van der Waals surface area (Å²) in [7, 11) is 0. The molecule has 2 rings (SSSR count). The molecule has 3 nitrogen and oxygen atoms in total. The summed E-state index contributed by atoms with van der Waals surface area (Å²) in [6, 6.07) is 4.44. The second-order valence-electron chi connectivity index (χ2n) is 4.80. The molecule has 0 bridgehead atoms. The van der Waals surface area contributed by atoms with Crippen LogP contribution in [0.15, 0.2) is 18.3 Å². The second-order valence-corrected chi connectivity index (χ2v) is 4.80. The van der Waals surface area contributed by atoms with Crippen LogP contribution >= 0.6 is 0 Å². The average Bonchev–Trinajstić information content (AvgIpc) is 2.35. The zero-order chi connectivity index (χ0) is 12.1. The van der Waals surface area contributed by atoms with Gasteiger partial charge in [0.25, 0.3) is 0 Å². The molecular formula is C14H22N2O. The van der Waals surface area contributed by atoms with Gasteiger partial charge in [-0.2, -0.15) is 0 Å². The van der Waals surface area contributed by atoms with Crippen molar-refractivity contribution in [3.05, 3.63) is 18.3 Å². The van der Waals surface area contributed by atoms with Crippen LogP contribution in [-0.2, 0) is 0 Å². The summed E-state index contributed by atoms with van der Waals surface area (Å²) < 4.78 is 5.59. The summed E-state index contributed by atoms with van der Waals surface area (Å²) in [5.41, 5.74) is 0. The van der Waals surface area contributed by atoms with E-state index in [0.717, 1.165) is 17.5 Å². The van der Waals surface area contributed by atoms with Gasteiger partial charge < -0.3 is 10.1 Å². The van der Waals surface area contributed by atoms with Gasteiger partial charge in [0.2, 0.25) is 0 Å². The maximum absolute atomic E-state index is 5.59. The Labute approximate surface area is 104 Å². The first kappa shape index (κ1) is 12.2. The highest BCUT2D eigenvalue weighted by atomic mass is 16.5. The van der Waals surface area contributed by atoms with Crippen LogP contribution in [0.3, 0.4) is 0 Å². The number of rotatable bonds is 4. The molecule has 0 amide bonds. The van der Waals surface area contributed by atoms with Crippen molar-refractivity contribution in [2.75, 3.05) is 11.9 Å². The number of ether oxygens (including phenoxy) is 1. The van der Waals surface area contributed by atoms with Gasteiger partial charge in [-0.15, -0.1) is 0 Å². The van der Waals surface area contributed by atoms with E-state index in [1.807, 2.05) is 25.3 Å². The molecule has 2 unspecified atom stereocenters. The van der Waals surface area contributed by atoms with Crippen molar-refractivity contribution in [2.24, 2.45) is 5.92 Å². The Morgan fingerprint density at radius 2 is 2.24 bits per heavy atom. The third-order valence-corrected chi connectivity index (χ3v) is 3.50. The molecule has 0 radical (unpaired) electrons. The number of nitrogens with zero attached hydrogens (tertiary/aromatic N) is 1.